The van der Waals surface area contributed by atoms with Crippen LogP contribution in [0.2, 0.25) is 5.02 Å². The van der Waals surface area contributed by atoms with E-state index < -0.39 is 12.0 Å². The number of anilines is 1. The molecule has 0 radical (unpaired) electrons. The van der Waals surface area contributed by atoms with Crippen LogP contribution in [-0.4, -0.2) is 56.9 Å². The summed E-state index contributed by atoms with van der Waals surface area (Å²) in [6, 6.07) is 7.13. The minimum Gasteiger partial charge on any atom is -0.351 e. The summed E-state index contributed by atoms with van der Waals surface area (Å²) in [5.74, 6) is -1.18. The Morgan fingerprint density at radius 2 is 1.86 bits per heavy atom. The summed E-state index contributed by atoms with van der Waals surface area (Å²) in [6.45, 7) is 1.42. The van der Waals surface area contributed by atoms with Crippen LogP contribution in [0.1, 0.15) is 11.4 Å². The van der Waals surface area contributed by atoms with Crippen molar-refractivity contribution in [3.8, 4) is 0 Å². The Labute approximate surface area is 168 Å². The van der Waals surface area contributed by atoms with Crippen LogP contribution in [-0.2, 0) is 17.4 Å². The lowest BCUT2D eigenvalue weighted by Gasteiger charge is -2.35. The number of imidazole rings is 1. The average Bonchev–Trinajstić information content (AvgIpc) is 3.17. The molecule has 1 amide bonds. The maximum atomic E-state index is 13.1. The fourth-order valence-electron chi connectivity index (χ4n) is 3.26. The van der Waals surface area contributed by atoms with Crippen LogP contribution in [0.15, 0.2) is 30.6 Å². The molecule has 1 aromatic carbocycles. The second kappa shape index (κ2) is 7.51. The Hall–Kier alpha value is -2.88. The highest BCUT2D eigenvalue weighted by molar-refractivity contribution is 6.31. The summed E-state index contributed by atoms with van der Waals surface area (Å²) in [5, 5.41) is 0.529. The van der Waals surface area contributed by atoms with E-state index in [4.69, 9.17) is 11.6 Å². The van der Waals surface area contributed by atoms with Gasteiger partial charge in [-0.2, -0.15) is 13.2 Å². The van der Waals surface area contributed by atoms with E-state index in [9.17, 15) is 18.0 Å². The van der Waals surface area contributed by atoms with Crippen LogP contribution >= 0.6 is 11.6 Å². The molecule has 3 aromatic rings. The van der Waals surface area contributed by atoms with Crippen molar-refractivity contribution in [2.75, 3.05) is 31.1 Å². The van der Waals surface area contributed by atoms with Gasteiger partial charge in [-0.25, -0.2) is 15.0 Å². The predicted octanol–water partition coefficient (Wildman–Crippen LogP) is 2.92. The van der Waals surface area contributed by atoms with E-state index in [0.717, 1.165) is 5.56 Å². The number of rotatable bonds is 3. The fraction of sp³-hybridized carbons (Fsp3) is 0.333. The van der Waals surface area contributed by atoms with Gasteiger partial charge in [-0.05, 0) is 11.6 Å². The number of H-pyrrole nitrogens is 1. The van der Waals surface area contributed by atoms with E-state index in [0.29, 0.717) is 36.7 Å². The van der Waals surface area contributed by atoms with Crippen LogP contribution < -0.4 is 4.90 Å². The predicted molar refractivity (Wildman–Crippen MR) is 101 cm³/mol. The van der Waals surface area contributed by atoms with Crippen molar-refractivity contribution < 1.29 is 18.0 Å². The Bertz CT molecular complexity index is 1050. The second-order valence-corrected chi connectivity index (χ2v) is 7.01. The molecular weight excluding hydrogens is 409 g/mol. The van der Waals surface area contributed by atoms with Crippen molar-refractivity contribution in [1.29, 1.82) is 0 Å². The molecule has 11 heteroatoms. The molecule has 2 aromatic heterocycles. The molecule has 0 atom stereocenters. The van der Waals surface area contributed by atoms with E-state index in [1.54, 1.807) is 28.0 Å². The number of amides is 1. The Morgan fingerprint density at radius 3 is 2.55 bits per heavy atom. The van der Waals surface area contributed by atoms with Gasteiger partial charge >= 0.3 is 6.18 Å². The minimum atomic E-state index is -4.67. The highest BCUT2D eigenvalue weighted by Gasteiger charge is 2.37. The number of hydrogen-bond donors (Lipinski definition) is 1. The van der Waals surface area contributed by atoms with Crippen LogP contribution in [0.3, 0.4) is 0 Å². The molecule has 0 bridgehead atoms. The SMILES string of the molecule is O=C(Cc1ccccc1Cl)N1CCN(c2nc(C(F)(F)F)nc3nc[nH]c23)CC1. The number of carbonyl (C=O) groups is 1. The molecule has 0 aliphatic carbocycles. The van der Waals surface area contributed by atoms with Gasteiger partial charge in [0.25, 0.3) is 0 Å². The summed E-state index contributed by atoms with van der Waals surface area (Å²) in [4.78, 5) is 29.8. The molecule has 4 rings (SSSR count). The van der Waals surface area contributed by atoms with Gasteiger partial charge in [0, 0.05) is 31.2 Å². The van der Waals surface area contributed by atoms with E-state index in [1.165, 1.54) is 6.33 Å². The maximum Gasteiger partial charge on any atom is 0.451 e. The van der Waals surface area contributed by atoms with Gasteiger partial charge in [-0.15, -0.1) is 0 Å². The van der Waals surface area contributed by atoms with Crippen molar-refractivity contribution in [3.05, 3.63) is 47.0 Å². The Morgan fingerprint density at radius 1 is 1.14 bits per heavy atom. The first-order valence-electron chi connectivity index (χ1n) is 8.87. The number of benzene rings is 1. The lowest BCUT2D eigenvalue weighted by molar-refractivity contribution is -0.144. The summed E-state index contributed by atoms with van der Waals surface area (Å²) in [7, 11) is 0. The number of alkyl halides is 3. The van der Waals surface area contributed by atoms with Gasteiger partial charge in [0.2, 0.25) is 11.7 Å². The molecule has 1 aliphatic rings. The quantitative estimate of drug-likeness (QED) is 0.699. The third-order valence-electron chi connectivity index (χ3n) is 4.75. The number of fused-ring (bicyclic) bond motifs is 1. The smallest absolute Gasteiger partial charge is 0.351 e. The molecule has 1 saturated heterocycles. The average molecular weight is 425 g/mol. The molecule has 3 heterocycles. The third-order valence-corrected chi connectivity index (χ3v) is 5.12. The highest BCUT2D eigenvalue weighted by Crippen LogP contribution is 2.31. The number of aromatic amines is 1. The van der Waals surface area contributed by atoms with Gasteiger partial charge < -0.3 is 14.8 Å². The van der Waals surface area contributed by atoms with Gasteiger partial charge in [-0.3, -0.25) is 4.79 Å². The maximum absolute atomic E-state index is 13.1. The molecule has 1 aliphatic heterocycles. The van der Waals surface area contributed by atoms with Crippen LogP contribution in [0, 0.1) is 0 Å². The summed E-state index contributed by atoms with van der Waals surface area (Å²) in [6.07, 6.45) is -3.21. The number of carbonyl (C=O) groups excluding carboxylic acids is 1. The number of nitrogens with zero attached hydrogens (tertiary/aromatic N) is 5. The lowest BCUT2D eigenvalue weighted by Crippen LogP contribution is -2.49. The van der Waals surface area contributed by atoms with Gasteiger partial charge in [-0.1, -0.05) is 29.8 Å². The zero-order valence-corrected chi connectivity index (χ0v) is 15.8. The number of piperazine rings is 1. The monoisotopic (exact) mass is 424 g/mol. The standard InChI is InChI=1S/C18H16ClF3N6O/c19-12-4-2-1-3-11(12)9-13(29)27-5-7-28(8-6-27)16-14-15(24-10-23-14)25-17(26-16)18(20,21)22/h1-4,10H,5-9H2,(H,23,24,25,26). The third kappa shape index (κ3) is 3.98. The molecular formula is C18H16ClF3N6O. The van der Waals surface area contributed by atoms with Crippen molar-refractivity contribution in [1.82, 2.24) is 24.8 Å². The first-order chi connectivity index (χ1) is 13.8. The highest BCUT2D eigenvalue weighted by atomic mass is 35.5. The van der Waals surface area contributed by atoms with Crippen LogP contribution in [0.25, 0.3) is 11.2 Å². The zero-order valence-electron chi connectivity index (χ0n) is 15.1. The summed E-state index contributed by atoms with van der Waals surface area (Å²) in [5.41, 5.74) is 1.04. The summed E-state index contributed by atoms with van der Waals surface area (Å²) >= 11 is 6.11. The summed E-state index contributed by atoms with van der Waals surface area (Å²) < 4.78 is 39.4. The molecule has 152 valence electrons. The number of hydrogen-bond acceptors (Lipinski definition) is 5. The largest absolute Gasteiger partial charge is 0.451 e. The van der Waals surface area contributed by atoms with Gasteiger partial charge in [0.05, 0.1) is 12.7 Å². The van der Waals surface area contributed by atoms with Crippen LogP contribution in [0.5, 0.6) is 0 Å². The first kappa shape index (κ1) is 19.4. The molecule has 7 nitrogen and oxygen atoms in total. The normalized spacial score (nSPS) is 15.2. The lowest BCUT2D eigenvalue weighted by atomic mass is 10.1. The van der Waals surface area contributed by atoms with E-state index in [1.807, 2.05) is 6.07 Å². The van der Waals surface area contributed by atoms with Crippen molar-refractivity contribution in [2.45, 2.75) is 12.6 Å². The van der Waals surface area contributed by atoms with Gasteiger partial charge in [0.1, 0.15) is 5.52 Å². The van der Waals surface area contributed by atoms with E-state index in [-0.39, 0.29) is 23.8 Å². The fourth-order valence-corrected chi connectivity index (χ4v) is 3.46. The van der Waals surface area contributed by atoms with Crippen molar-refractivity contribution in [2.24, 2.45) is 0 Å². The van der Waals surface area contributed by atoms with Crippen molar-refractivity contribution in [3.63, 3.8) is 0 Å². The van der Waals surface area contributed by atoms with Crippen LogP contribution in [0.4, 0.5) is 19.0 Å². The Kier molecular flexibility index (Phi) is 5.03. The second-order valence-electron chi connectivity index (χ2n) is 6.61. The van der Waals surface area contributed by atoms with E-state index >= 15 is 0 Å². The molecule has 1 N–H and O–H groups in total. The van der Waals surface area contributed by atoms with Crippen molar-refractivity contribution >= 4 is 34.5 Å². The minimum absolute atomic E-state index is 0.0421. The Balaban J connectivity index is 1.49. The number of aromatic nitrogens is 4. The first-order valence-corrected chi connectivity index (χ1v) is 9.25. The number of halogens is 4. The van der Waals surface area contributed by atoms with E-state index in [2.05, 4.69) is 19.9 Å². The molecule has 0 unspecified atom stereocenters. The topological polar surface area (TPSA) is 78.0 Å². The zero-order chi connectivity index (χ0) is 20.6. The molecule has 0 saturated carbocycles. The van der Waals surface area contributed by atoms with Gasteiger partial charge in [0.15, 0.2) is 11.5 Å². The number of nitrogens with one attached hydrogen (secondary N) is 1. The molecule has 1 fully saturated rings. The molecule has 29 heavy (non-hydrogen) atoms. The molecule has 0 spiro atoms.